The largest absolute Gasteiger partial charge is 0.384 e. The van der Waals surface area contributed by atoms with Crippen molar-refractivity contribution in [2.45, 2.75) is 4.90 Å². The average Bonchev–Trinajstić information content (AvgIpc) is 2.15. The molecule has 1 unspecified atom stereocenters. The van der Waals surface area contributed by atoms with Crippen LogP contribution in [-0.4, -0.2) is 23.7 Å². The van der Waals surface area contributed by atoms with Crippen molar-refractivity contribution in [2.75, 3.05) is 19.5 Å². The number of halogens is 1. The first-order valence-corrected chi connectivity index (χ1v) is 5.98. The summed E-state index contributed by atoms with van der Waals surface area (Å²) in [6.07, 6.45) is 0. The molecule has 0 saturated heterocycles. The van der Waals surface area contributed by atoms with Gasteiger partial charge in [0.25, 0.3) is 0 Å². The fourth-order valence-electron chi connectivity index (χ4n) is 0.863. The molecule has 1 aromatic carbocycles. The van der Waals surface area contributed by atoms with E-state index in [1.165, 1.54) is 0 Å². The van der Waals surface area contributed by atoms with Gasteiger partial charge in [-0.2, -0.15) is 0 Å². The molecule has 0 aromatic heterocycles. The second-order valence-corrected chi connectivity index (χ2v) is 4.98. The van der Waals surface area contributed by atoms with Gasteiger partial charge in [-0.25, -0.2) is 0 Å². The predicted molar refractivity (Wildman–Crippen MR) is 57.3 cm³/mol. The Morgan fingerprint density at radius 1 is 1.38 bits per heavy atom. The summed E-state index contributed by atoms with van der Waals surface area (Å²) in [6, 6.07) is 7.49. The van der Waals surface area contributed by atoms with Crippen molar-refractivity contribution in [1.29, 1.82) is 0 Å². The van der Waals surface area contributed by atoms with Gasteiger partial charge in [-0.1, -0.05) is 15.9 Å². The zero-order valence-corrected chi connectivity index (χ0v) is 9.73. The molecule has 0 aliphatic carbocycles. The first kappa shape index (κ1) is 10.9. The SMILES string of the molecule is COCCS(=O)c1ccc(Br)cc1. The van der Waals surface area contributed by atoms with Crippen LogP contribution in [-0.2, 0) is 15.5 Å². The minimum atomic E-state index is -0.937. The third-order valence-electron chi connectivity index (χ3n) is 1.55. The summed E-state index contributed by atoms with van der Waals surface area (Å²) in [5.41, 5.74) is 0. The van der Waals surface area contributed by atoms with Crippen LogP contribution in [0.5, 0.6) is 0 Å². The van der Waals surface area contributed by atoms with Gasteiger partial charge >= 0.3 is 0 Å². The van der Waals surface area contributed by atoms with Crippen molar-refractivity contribution in [3.63, 3.8) is 0 Å². The van der Waals surface area contributed by atoms with E-state index in [2.05, 4.69) is 15.9 Å². The fourth-order valence-corrected chi connectivity index (χ4v) is 2.12. The van der Waals surface area contributed by atoms with E-state index in [9.17, 15) is 4.21 Å². The van der Waals surface area contributed by atoms with E-state index in [1.54, 1.807) is 7.11 Å². The summed E-state index contributed by atoms with van der Waals surface area (Å²) in [6.45, 7) is 0.530. The zero-order valence-electron chi connectivity index (χ0n) is 7.33. The van der Waals surface area contributed by atoms with Crippen LogP contribution >= 0.6 is 15.9 Å². The highest BCUT2D eigenvalue weighted by Crippen LogP contribution is 2.13. The Hall–Kier alpha value is -0.190. The second-order valence-electron chi connectivity index (χ2n) is 2.50. The van der Waals surface area contributed by atoms with Gasteiger partial charge in [-0.3, -0.25) is 4.21 Å². The van der Waals surface area contributed by atoms with E-state index in [1.807, 2.05) is 24.3 Å². The summed E-state index contributed by atoms with van der Waals surface area (Å²) in [5, 5.41) is 0. The minimum Gasteiger partial charge on any atom is -0.384 e. The van der Waals surface area contributed by atoms with Crippen molar-refractivity contribution in [1.82, 2.24) is 0 Å². The molecule has 13 heavy (non-hydrogen) atoms. The lowest BCUT2D eigenvalue weighted by Gasteiger charge is -2.00. The monoisotopic (exact) mass is 262 g/mol. The predicted octanol–water partition coefficient (Wildman–Crippen LogP) is 2.20. The molecule has 72 valence electrons. The molecular weight excluding hydrogens is 252 g/mol. The summed E-state index contributed by atoms with van der Waals surface area (Å²) < 4.78 is 17.4. The number of hydrogen-bond acceptors (Lipinski definition) is 2. The maximum absolute atomic E-state index is 11.5. The van der Waals surface area contributed by atoms with Gasteiger partial charge in [0.1, 0.15) is 0 Å². The van der Waals surface area contributed by atoms with Gasteiger partial charge in [0.2, 0.25) is 0 Å². The van der Waals surface area contributed by atoms with E-state index < -0.39 is 10.8 Å². The maximum Gasteiger partial charge on any atom is 0.0581 e. The third kappa shape index (κ3) is 3.58. The number of rotatable bonds is 4. The van der Waals surface area contributed by atoms with E-state index in [-0.39, 0.29) is 0 Å². The van der Waals surface area contributed by atoms with Gasteiger partial charge in [-0.15, -0.1) is 0 Å². The van der Waals surface area contributed by atoms with Crippen LogP contribution < -0.4 is 0 Å². The summed E-state index contributed by atoms with van der Waals surface area (Å²) in [4.78, 5) is 0.847. The normalized spacial score (nSPS) is 12.8. The second kappa shape index (κ2) is 5.52. The van der Waals surface area contributed by atoms with E-state index in [0.29, 0.717) is 12.4 Å². The van der Waals surface area contributed by atoms with Crippen molar-refractivity contribution in [3.8, 4) is 0 Å². The number of methoxy groups -OCH3 is 1. The van der Waals surface area contributed by atoms with Crippen LogP contribution in [0.4, 0.5) is 0 Å². The highest BCUT2D eigenvalue weighted by atomic mass is 79.9. The Bertz CT molecular complexity index is 284. The van der Waals surface area contributed by atoms with Crippen LogP contribution in [0.3, 0.4) is 0 Å². The van der Waals surface area contributed by atoms with Gasteiger partial charge in [0.05, 0.1) is 23.2 Å². The topological polar surface area (TPSA) is 26.3 Å². The first-order chi connectivity index (χ1) is 6.24. The lowest BCUT2D eigenvalue weighted by atomic mass is 10.4. The molecule has 0 aliphatic rings. The maximum atomic E-state index is 11.5. The molecule has 1 atom stereocenters. The summed E-state index contributed by atoms with van der Waals surface area (Å²) in [7, 11) is 0.673. The number of hydrogen-bond donors (Lipinski definition) is 0. The molecule has 0 fully saturated rings. The lowest BCUT2D eigenvalue weighted by molar-refractivity contribution is 0.218. The molecule has 0 bridgehead atoms. The first-order valence-electron chi connectivity index (χ1n) is 3.87. The van der Waals surface area contributed by atoms with Gasteiger partial charge in [0.15, 0.2) is 0 Å². The number of ether oxygens (including phenoxy) is 1. The Kier molecular flexibility index (Phi) is 4.62. The Labute approximate surface area is 88.9 Å². The van der Waals surface area contributed by atoms with Crippen LogP contribution in [0.25, 0.3) is 0 Å². The average molecular weight is 263 g/mol. The zero-order chi connectivity index (χ0) is 9.68. The smallest absolute Gasteiger partial charge is 0.0581 e. The Morgan fingerprint density at radius 2 is 2.00 bits per heavy atom. The summed E-state index contributed by atoms with van der Waals surface area (Å²) in [5.74, 6) is 0.554. The Morgan fingerprint density at radius 3 is 2.54 bits per heavy atom. The van der Waals surface area contributed by atoms with E-state index in [4.69, 9.17) is 4.74 Å². The molecule has 0 aliphatic heterocycles. The van der Waals surface area contributed by atoms with Crippen molar-refractivity contribution < 1.29 is 8.95 Å². The standard InChI is InChI=1S/C9H11BrO2S/c1-12-6-7-13(11)9-4-2-8(10)3-5-9/h2-5H,6-7H2,1H3. The number of benzene rings is 1. The van der Waals surface area contributed by atoms with Crippen molar-refractivity contribution in [3.05, 3.63) is 28.7 Å². The molecule has 0 N–H and O–H groups in total. The molecule has 0 saturated carbocycles. The molecule has 1 rings (SSSR count). The molecule has 0 heterocycles. The fraction of sp³-hybridized carbons (Fsp3) is 0.333. The van der Waals surface area contributed by atoms with Crippen LogP contribution in [0.15, 0.2) is 33.6 Å². The van der Waals surface area contributed by atoms with Crippen molar-refractivity contribution in [2.24, 2.45) is 0 Å². The quantitative estimate of drug-likeness (QED) is 0.832. The molecule has 0 spiro atoms. The van der Waals surface area contributed by atoms with Gasteiger partial charge in [-0.05, 0) is 24.3 Å². The van der Waals surface area contributed by atoms with Crippen LogP contribution in [0, 0.1) is 0 Å². The van der Waals surface area contributed by atoms with Gasteiger partial charge in [0, 0.05) is 16.5 Å². The molecule has 2 nitrogen and oxygen atoms in total. The lowest BCUT2D eigenvalue weighted by Crippen LogP contribution is -2.04. The molecule has 4 heteroatoms. The van der Waals surface area contributed by atoms with E-state index >= 15 is 0 Å². The summed E-state index contributed by atoms with van der Waals surface area (Å²) >= 11 is 3.32. The van der Waals surface area contributed by atoms with Gasteiger partial charge < -0.3 is 4.74 Å². The molecule has 0 amide bonds. The van der Waals surface area contributed by atoms with Crippen LogP contribution in [0.2, 0.25) is 0 Å². The molecular formula is C9H11BrO2S. The van der Waals surface area contributed by atoms with Crippen LogP contribution in [0.1, 0.15) is 0 Å². The Balaban J connectivity index is 2.61. The third-order valence-corrected chi connectivity index (χ3v) is 3.41. The minimum absolute atomic E-state index is 0.530. The highest BCUT2D eigenvalue weighted by molar-refractivity contribution is 9.10. The van der Waals surface area contributed by atoms with Crippen molar-refractivity contribution >= 4 is 26.7 Å². The molecule has 1 aromatic rings. The van der Waals surface area contributed by atoms with E-state index in [0.717, 1.165) is 9.37 Å². The molecule has 0 radical (unpaired) electrons. The highest BCUT2D eigenvalue weighted by Gasteiger charge is 2.02.